The lowest BCUT2D eigenvalue weighted by Crippen LogP contribution is -2.13. The number of aldehydes is 1. The van der Waals surface area contributed by atoms with Gasteiger partial charge in [0.2, 0.25) is 0 Å². The highest BCUT2D eigenvalue weighted by molar-refractivity contribution is 5.97. The molecule has 0 aliphatic carbocycles. The fourth-order valence-corrected chi connectivity index (χ4v) is 1.68. The molecular formula is C16H16N2O2. The van der Waals surface area contributed by atoms with E-state index in [4.69, 9.17) is 10.1 Å². The molecule has 0 spiro atoms. The Balaban J connectivity index is 1.94. The van der Waals surface area contributed by atoms with Gasteiger partial charge in [0.15, 0.2) is 0 Å². The standard InChI is InChI=1S/C16H16N2O2/c1-2-12-5-8-16(18-9-12)15(17)11-20-14-6-3-13(10-19)4-7-14/h3-10,17H,2,11H2,1H3. The fourth-order valence-electron chi connectivity index (χ4n) is 1.68. The van der Waals surface area contributed by atoms with Crippen molar-refractivity contribution >= 4 is 12.0 Å². The summed E-state index contributed by atoms with van der Waals surface area (Å²) in [5.41, 5.74) is 2.69. The van der Waals surface area contributed by atoms with E-state index in [1.54, 1.807) is 30.5 Å². The van der Waals surface area contributed by atoms with E-state index in [9.17, 15) is 4.79 Å². The van der Waals surface area contributed by atoms with Crippen LogP contribution < -0.4 is 4.74 Å². The molecule has 1 aromatic carbocycles. The molecule has 102 valence electrons. The number of carbonyl (C=O) groups excluding carboxylic acids is 1. The summed E-state index contributed by atoms with van der Waals surface area (Å²) in [6, 6.07) is 10.6. The summed E-state index contributed by atoms with van der Waals surface area (Å²) in [6.45, 7) is 2.22. The Kier molecular flexibility index (Phi) is 4.60. The molecule has 0 unspecified atom stereocenters. The van der Waals surface area contributed by atoms with E-state index in [1.807, 2.05) is 12.1 Å². The van der Waals surface area contributed by atoms with Gasteiger partial charge in [-0.15, -0.1) is 0 Å². The number of ether oxygens (including phenoxy) is 1. The van der Waals surface area contributed by atoms with Gasteiger partial charge in [-0.3, -0.25) is 15.2 Å². The number of hydrogen-bond donors (Lipinski definition) is 1. The molecule has 0 aliphatic rings. The minimum Gasteiger partial charge on any atom is -0.487 e. The second-order valence-corrected chi connectivity index (χ2v) is 4.36. The Hall–Kier alpha value is -2.49. The maximum atomic E-state index is 10.5. The minimum absolute atomic E-state index is 0.152. The van der Waals surface area contributed by atoms with Crippen molar-refractivity contribution in [2.24, 2.45) is 0 Å². The molecule has 0 atom stereocenters. The molecule has 1 N–H and O–H groups in total. The van der Waals surface area contributed by atoms with E-state index in [1.165, 1.54) is 0 Å². The van der Waals surface area contributed by atoms with Gasteiger partial charge in [-0.25, -0.2) is 0 Å². The Morgan fingerprint density at radius 2 is 2.00 bits per heavy atom. The van der Waals surface area contributed by atoms with Crippen LogP contribution in [0.25, 0.3) is 0 Å². The van der Waals surface area contributed by atoms with E-state index in [0.717, 1.165) is 18.3 Å². The average molecular weight is 268 g/mol. The molecule has 0 radical (unpaired) electrons. The molecule has 0 aliphatic heterocycles. The summed E-state index contributed by atoms with van der Waals surface area (Å²) < 4.78 is 5.50. The fraction of sp³-hybridized carbons (Fsp3) is 0.188. The topological polar surface area (TPSA) is 63.0 Å². The predicted molar refractivity (Wildman–Crippen MR) is 77.8 cm³/mol. The minimum atomic E-state index is 0.152. The first kappa shape index (κ1) is 13.9. The molecule has 1 aromatic heterocycles. The van der Waals surface area contributed by atoms with Gasteiger partial charge in [-0.05, 0) is 42.3 Å². The normalized spacial score (nSPS) is 10.1. The zero-order valence-electron chi connectivity index (χ0n) is 11.3. The van der Waals surface area contributed by atoms with Crippen molar-refractivity contribution in [3.63, 3.8) is 0 Å². The van der Waals surface area contributed by atoms with Crippen molar-refractivity contribution < 1.29 is 9.53 Å². The van der Waals surface area contributed by atoms with Crippen LogP contribution in [0, 0.1) is 5.41 Å². The first-order valence-electron chi connectivity index (χ1n) is 6.43. The van der Waals surface area contributed by atoms with Crippen molar-refractivity contribution in [3.05, 3.63) is 59.4 Å². The summed E-state index contributed by atoms with van der Waals surface area (Å²) >= 11 is 0. The Labute approximate surface area is 117 Å². The average Bonchev–Trinajstić information content (AvgIpc) is 2.53. The Morgan fingerprint density at radius 1 is 1.25 bits per heavy atom. The van der Waals surface area contributed by atoms with Crippen LogP contribution in [-0.2, 0) is 6.42 Å². The van der Waals surface area contributed by atoms with Gasteiger partial charge >= 0.3 is 0 Å². The van der Waals surface area contributed by atoms with Crippen LogP contribution in [0.1, 0.15) is 28.5 Å². The highest BCUT2D eigenvalue weighted by Gasteiger charge is 2.04. The third-order valence-corrected chi connectivity index (χ3v) is 2.94. The number of rotatable bonds is 6. The molecule has 0 saturated carbocycles. The molecular weight excluding hydrogens is 252 g/mol. The van der Waals surface area contributed by atoms with Gasteiger partial charge in [0, 0.05) is 11.8 Å². The second kappa shape index (κ2) is 6.61. The second-order valence-electron chi connectivity index (χ2n) is 4.36. The van der Waals surface area contributed by atoms with Crippen molar-refractivity contribution in [1.82, 2.24) is 4.98 Å². The number of hydrogen-bond acceptors (Lipinski definition) is 4. The monoisotopic (exact) mass is 268 g/mol. The van der Waals surface area contributed by atoms with Gasteiger partial charge < -0.3 is 4.74 Å². The molecule has 4 heteroatoms. The third-order valence-electron chi connectivity index (χ3n) is 2.94. The summed E-state index contributed by atoms with van der Waals surface area (Å²) in [5.74, 6) is 0.630. The number of nitrogens with zero attached hydrogens (tertiary/aromatic N) is 1. The van der Waals surface area contributed by atoms with Gasteiger partial charge in [0.25, 0.3) is 0 Å². The van der Waals surface area contributed by atoms with E-state index < -0.39 is 0 Å². The Morgan fingerprint density at radius 3 is 2.55 bits per heavy atom. The number of pyridine rings is 1. The van der Waals surface area contributed by atoms with Gasteiger partial charge in [0.05, 0.1) is 11.4 Å². The van der Waals surface area contributed by atoms with Crippen molar-refractivity contribution in [2.45, 2.75) is 13.3 Å². The van der Waals surface area contributed by atoms with Crippen molar-refractivity contribution in [1.29, 1.82) is 5.41 Å². The van der Waals surface area contributed by atoms with Crippen molar-refractivity contribution in [2.75, 3.05) is 6.61 Å². The van der Waals surface area contributed by atoms with Gasteiger partial charge in [-0.2, -0.15) is 0 Å². The number of aromatic nitrogens is 1. The smallest absolute Gasteiger partial charge is 0.150 e. The maximum Gasteiger partial charge on any atom is 0.150 e. The van der Waals surface area contributed by atoms with Gasteiger partial charge in [-0.1, -0.05) is 13.0 Å². The SMILES string of the molecule is CCc1ccc(C(=N)COc2ccc(C=O)cc2)nc1. The quantitative estimate of drug-likeness (QED) is 0.647. The predicted octanol–water partition coefficient (Wildman–Crippen LogP) is 2.90. The van der Waals surface area contributed by atoms with Crippen LogP contribution in [0.4, 0.5) is 0 Å². The molecule has 0 saturated heterocycles. The zero-order valence-corrected chi connectivity index (χ0v) is 11.3. The number of benzene rings is 1. The molecule has 2 rings (SSSR count). The molecule has 0 amide bonds. The highest BCUT2D eigenvalue weighted by Crippen LogP contribution is 2.11. The molecule has 1 heterocycles. The molecule has 0 fully saturated rings. The largest absolute Gasteiger partial charge is 0.487 e. The molecule has 20 heavy (non-hydrogen) atoms. The van der Waals surface area contributed by atoms with E-state index in [2.05, 4.69) is 11.9 Å². The van der Waals surface area contributed by atoms with E-state index in [0.29, 0.717) is 22.7 Å². The maximum absolute atomic E-state index is 10.5. The first-order chi connectivity index (χ1) is 9.72. The number of aryl methyl sites for hydroxylation is 1. The lowest BCUT2D eigenvalue weighted by atomic mass is 10.2. The van der Waals surface area contributed by atoms with Gasteiger partial charge in [0.1, 0.15) is 18.6 Å². The number of nitrogens with one attached hydrogen (secondary N) is 1. The Bertz CT molecular complexity index is 589. The summed E-state index contributed by atoms with van der Waals surface area (Å²) in [5, 5.41) is 7.94. The summed E-state index contributed by atoms with van der Waals surface area (Å²) in [6.07, 6.45) is 3.49. The first-order valence-corrected chi connectivity index (χ1v) is 6.43. The van der Waals surface area contributed by atoms with E-state index in [-0.39, 0.29) is 6.61 Å². The van der Waals surface area contributed by atoms with Crippen molar-refractivity contribution in [3.8, 4) is 5.75 Å². The lowest BCUT2D eigenvalue weighted by Gasteiger charge is -2.07. The van der Waals surface area contributed by atoms with Crippen LogP contribution in [-0.4, -0.2) is 23.6 Å². The highest BCUT2D eigenvalue weighted by atomic mass is 16.5. The molecule has 0 bridgehead atoms. The summed E-state index contributed by atoms with van der Waals surface area (Å²) in [7, 11) is 0. The molecule has 4 nitrogen and oxygen atoms in total. The van der Waals surface area contributed by atoms with Crippen LogP contribution in [0.15, 0.2) is 42.6 Å². The number of carbonyl (C=O) groups is 1. The lowest BCUT2D eigenvalue weighted by molar-refractivity contribution is 0.112. The van der Waals surface area contributed by atoms with Crippen LogP contribution in [0.5, 0.6) is 5.75 Å². The summed E-state index contributed by atoms with van der Waals surface area (Å²) in [4.78, 5) is 14.8. The zero-order chi connectivity index (χ0) is 14.4. The van der Waals surface area contributed by atoms with E-state index >= 15 is 0 Å². The molecule has 2 aromatic rings. The van der Waals surface area contributed by atoms with Crippen LogP contribution in [0.2, 0.25) is 0 Å². The third kappa shape index (κ3) is 3.51. The van der Waals surface area contributed by atoms with Crippen LogP contribution in [0.3, 0.4) is 0 Å². The van der Waals surface area contributed by atoms with Crippen LogP contribution >= 0.6 is 0 Å².